The van der Waals surface area contributed by atoms with E-state index in [1.807, 2.05) is 47.3 Å². The second-order valence-corrected chi connectivity index (χ2v) is 4.51. The maximum Gasteiger partial charge on any atom is 0.0846 e. The van der Waals surface area contributed by atoms with Gasteiger partial charge in [-0.15, -0.1) is 0 Å². The number of rotatable bonds is 4. The first kappa shape index (κ1) is 11.9. The van der Waals surface area contributed by atoms with E-state index in [2.05, 4.69) is 18.9 Å². The number of aliphatic hydroxyl groups is 1. The summed E-state index contributed by atoms with van der Waals surface area (Å²) in [6, 6.07) is 12.0. The number of hydrogen-bond donors (Lipinski definition) is 1. The molecule has 0 radical (unpaired) electrons. The summed E-state index contributed by atoms with van der Waals surface area (Å²) in [7, 11) is 0. The maximum atomic E-state index is 10.1. The molecule has 0 fully saturated rings. The number of aliphatic hydroxyl groups excluding tert-OH is 1. The van der Waals surface area contributed by atoms with Crippen molar-refractivity contribution in [1.82, 2.24) is 9.78 Å². The summed E-state index contributed by atoms with van der Waals surface area (Å²) in [4.78, 5) is 0. The van der Waals surface area contributed by atoms with Crippen molar-refractivity contribution in [1.29, 1.82) is 0 Å². The van der Waals surface area contributed by atoms with E-state index < -0.39 is 6.10 Å². The van der Waals surface area contributed by atoms with Crippen LogP contribution < -0.4 is 0 Å². The highest BCUT2D eigenvalue weighted by Gasteiger charge is 2.10. The third-order valence-electron chi connectivity index (χ3n) is 2.78. The van der Waals surface area contributed by atoms with Gasteiger partial charge in [-0.05, 0) is 25.5 Å². The third kappa shape index (κ3) is 2.94. The van der Waals surface area contributed by atoms with Gasteiger partial charge in [-0.2, -0.15) is 5.10 Å². The molecule has 1 aromatic heterocycles. The molecule has 1 heterocycles. The Morgan fingerprint density at radius 1 is 1.18 bits per heavy atom. The van der Waals surface area contributed by atoms with Crippen LogP contribution in [0, 0.1) is 0 Å². The van der Waals surface area contributed by atoms with Crippen LogP contribution in [0.25, 0.3) is 0 Å². The second kappa shape index (κ2) is 5.15. The molecule has 2 rings (SSSR count). The van der Waals surface area contributed by atoms with Gasteiger partial charge >= 0.3 is 0 Å². The van der Waals surface area contributed by atoms with Crippen molar-refractivity contribution in [2.75, 3.05) is 0 Å². The summed E-state index contributed by atoms with van der Waals surface area (Å²) in [5.41, 5.74) is 1.86. The zero-order valence-corrected chi connectivity index (χ0v) is 10.2. The molecule has 3 heteroatoms. The minimum atomic E-state index is -0.480. The van der Waals surface area contributed by atoms with Crippen LogP contribution in [0.3, 0.4) is 0 Å². The lowest BCUT2D eigenvalue weighted by atomic mass is 10.1. The molecule has 1 unspecified atom stereocenters. The fraction of sp³-hybridized carbons (Fsp3) is 0.357. The monoisotopic (exact) mass is 230 g/mol. The van der Waals surface area contributed by atoms with Crippen molar-refractivity contribution in [2.45, 2.75) is 32.4 Å². The Kier molecular flexibility index (Phi) is 3.59. The quantitative estimate of drug-likeness (QED) is 0.877. The largest absolute Gasteiger partial charge is 0.388 e. The normalized spacial score (nSPS) is 12.9. The topological polar surface area (TPSA) is 38.0 Å². The highest BCUT2D eigenvalue weighted by atomic mass is 16.3. The van der Waals surface area contributed by atoms with Crippen LogP contribution in [0.5, 0.6) is 0 Å². The van der Waals surface area contributed by atoms with Crippen LogP contribution in [0.1, 0.15) is 37.3 Å². The van der Waals surface area contributed by atoms with Crippen molar-refractivity contribution in [3.05, 3.63) is 53.9 Å². The van der Waals surface area contributed by atoms with E-state index in [4.69, 9.17) is 0 Å². The van der Waals surface area contributed by atoms with Crippen LogP contribution in [0.4, 0.5) is 0 Å². The predicted molar refractivity (Wildman–Crippen MR) is 67.7 cm³/mol. The summed E-state index contributed by atoms with van der Waals surface area (Å²) in [6.07, 6.45) is 2.04. The Bertz CT molecular complexity index is 462. The van der Waals surface area contributed by atoms with Crippen molar-refractivity contribution < 1.29 is 5.11 Å². The summed E-state index contributed by atoms with van der Waals surface area (Å²) in [5, 5.41) is 14.5. The molecular formula is C14H18N2O. The van der Waals surface area contributed by atoms with E-state index in [-0.39, 0.29) is 0 Å². The summed E-state index contributed by atoms with van der Waals surface area (Å²) in [6.45, 7) is 4.18. The fourth-order valence-corrected chi connectivity index (χ4v) is 1.76. The lowest BCUT2D eigenvalue weighted by molar-refractivity contribution is 0.177. The molecule has 1 aromatic carbocycles. The van der Waals surface area contributed by atoms with Gasteiger partial charge in [0.2, 0.25) is 0 Å². The van der Waals surface area contributed by atoms with E-state index >= 15 is 0 Å². The molecule has 0 amide bonds. The molecular weight excluding hydrogens is 212 g/mol. The summed E-state index contributed by atoms with van der Waals surface area (Å²) < 4.78 is 1.91. The molecule has 0 spiro atoms. The lowest BCUT2D eigenvalue weighted by Crippen LogP contribution is -2.05. The molecule has 1 N–H and O–H groups in total. The van der Waals surface area contributed by atoms with Crippen LogP contribution >= 0.6 is 0 Å². The molecule has 0 aliphatic carbocycles. The van der Waals surface area contributed by atoms with Gasteiger partial charge in [-0.3, -0.25) is 4.68 Å². The SMILES string of the molecule is CC(C)n1ccc(CC(O)c2ccccc2)n1. The number of benzene rings is 1. The van der Waals surface area contributed by atoms with E-state index in [1.165, 1.54) is 0 Å². The van der Waals surface area contributed by atoms with Crippen LogP contribution in [-0.4, -0.2) is 14.9 Å². The minimum absolute atomic E-state index is 0.359. The molecule has 0 bridgehead atoms. The molecule has 0 saturated heterocycles. The standard InChI is InChI=1S/C14H18N2O/c1-11(2)16-9-8-13(15-16)10-14(17)12-6-4-3-5-7-12/h3-9,11,14,17H,10H2,1-2H3. The van der Waals surface area contributed by atoms with E-state index in [0.29, 0.717) is 12.5 Å². The molecule has 90 valence electrons. The van der Waals surface area contributed by atoms with Gasteiger partial charge in [-0.25, -0.2) is 0 Å². The Labute approximate surface area is 102 Å². The summed E-state index contributed by atoms with van der Waals surface area (Å²) >= 11 is 0. The van der Waals surface area contributed by atoms with Crippen molar-refractivity contribution in [2.24, 2.45) is 0 Å². The smallest absolute Gasteiger partial charge is 0.0846 e. The van der Waals surface area contributed by atoms with Gasteiger partial charge in [0.05, 0.1) is 11.8 Å². The first-order chi connectivity index (χ1) is 8.16. The molecule has 1 atom stereocenters. The van der Waals surface area contributed by atoms with Gasteiger partial charge in [0.15, 0.2) is 0 Å². The maximum absolute atomic E-state index is 10.1. The number of nitrogens with zero attached hydrogens (tertiary/aromatic N) is 2. The van der Waals surface area contributed by atoms with E-state index in [1.54, 1.807) is 0 Å². The third-order valence-corrected chi connectivity index (χ3v) is 2.78. The first-order valence-corrected chi connectivity index (χ1v) is 5.94. The van der Waals surface area contributed by atoms with Gasteiger partial charge < -0.3 is 5.11 Å². The second-order valence-electron chi connectivity index (χ2n) is 4.51. The van der Waals surface area contributed by atoms with E-state index in [9.17, 15) is 5.11 Å². The molecule has 0 aliphatic rings. The van der Waals surface area contributed by atoms with Crippen LogP contribution in [0.15, 0.2) is 42.6 Å². The number of hydrogen-bond acceptors (Lipinski definition) is 2. The Morgan fingerprint density at radius 3 is 2.47 bits per heavy atom. The molecule has 2 aromatic rings. The van der Waals surface area contributed by atoms with Crippen molar-refractivity contribution >= 4 is 0 Å². The fourth-order valence-electron chi connectivity index (χ4n) is 1.76. The summed E-state index contributed by atoms with van der Waals surface area (Å²) in [5.74, 6) is 0. The predicted octanol–water partition coefficient (Wildman–Crippen LogP) is 2.74. The molecule has 17 heavy (non-hydrogen) atoms. The van der Waals surface area contributed by atoms with Crippen LogP contribution in [0.2, 0.25) is 0 Å². The van der Waals surface area contributed by atoms with Gasteiger partial charge in [-0.1, -0.05) is 30.3 Å². The zero-order chi connectivity index (χ0) is 12.3. The molecule has 0 saturated carbocycles. The Balaban J connectivity index is 2.05. The van der Waals surface area contributed by atoms with Crippen molar-refractivity contribution in [3.8, 4) is 0 Å². The average Bonchev–Trinajstić information content (AvgIpc) is 2.79. The zero-order valence-electron chi connectivity index (χ0n) is 10.2. The Hall–Kier alpha value is -1.61. The molecule has 0 aliphatic heterocycles. The first-order valence-electron chi connectivity index (χ1n) is 5.94. The highest BCUT2D eigenvalue weighted by Crippen LogP contribution is 2.17. The van der Waals surface area contributed by atoms with Crippen molar-refractivity contribution in [3.63, 3.8) is 0 Å². The van der Waals surface area contributed by atoms with Gasteiger partial charge in [0.25, 0.3) is 0 Å². The average molecular weight is 230 g/mol. The molecule has 3 nitrogen and oxygen atoms in total. The minimum Gasteiger partial charge on any atom is -0.388 e. The number of aromatic nitrogens is 2. The van der Waals surface area contributed by atoms with E-state index in [0.717, 1.165) is 11.3 Å². The van der Waals surface area contributed by atoms with Crippen LogP contribution in [-0.2, 0) is 6.42 Å². The van der Waals surface area contributed by atoms with Gasteiger partial charge in [0, 0.05) is 18.7 Å². The van der Waals surface area contributed by atoms with Gasteiger partial charge in [0.1, 0.15) is 0 Å². The highest BCUT2D eigenvalue weighted by molar-refractivity contribution is 5.19. The lowest BCUT2D eigenvalue weighted by Gasteiger charge is -2.09. The Morgan fingerprint density at radius 2 is 1.88 bits per heavy atom.